The van der Waals surface area contributed by atoms with E-state index in [1.54, 1.807) is 25.3 Å². The Kier molecular flexibility index (Phi) is 4.20. The molecule has 0 unspecified atom stereocenters. The standard InChI is InChI=1S/C15H17N3O2/c1-10-6-14(19-2)8-12(18-10)9-20-13-5-3-4-11(7-13)15(16)17/h3-8H,9H2,1-2H3,(H3,16,17). The van der Waals surface area contributed by atoms with Crippen molar-refractivity contribution in [3.63, 3.8) is 0 Å². The number of nitrogens with zero attached hydrogens (tertiary/aromatic N) is 1. The molecule has 0 saturated heterocycles. The van der Waals surface area contributed by atoms with E-state index in [2.05, 4.69) is 4.98 Å². The molecule has 104 valence electrons. The number of nitrogens with one attached hydrogen (secondary N) is 1. The predicted molar refractivity (Wildman–Crippen MR) is 77.3 cm³/mol. The van der Waals surface area contributed by atoms with Gasteiger partial charge < -0.3 is 15.2 Å². The summed E-state index contributed by atoms with van der Waals surface area (Å²) in [6.45, 7) is 2.24. The van der Waals surface area contributed by atoms with E-state index in [9.17, 15) is 0 Å². The third-order valence-corrected chi connectivity index (χ3v) is 2.75. The van der Waals surface area contributed by atoms with Crippen molar-refractivity contribution in [2.75, 3.05) is 7.11 Å². The zero-order valence-corrected chi connectivity index (χ0v) is 11.5. The molecule has 5 nitrogen and oxygen atoms in total. The van der Waals surface area contributed by atoms with Gasteiger partial charge in [-0.25, -0.2) is 0 Å². The first-order valence-electron chi connectivity index (χ1n) is 6.17. The summed E-state index contributed by atoms with van der Waals surface area (Å²) in [5.41, 5.74) is 7.75. The van der Waals surface area contributed by atoms with Gasteiger partial charge in [-0.1, -0.05) is 12.1 Å². The molecule has 20 heavy (non-hydrogen) atoms. The minimum atomic E-state index is 0.0193. The van der Waals surface area contributed by atoms with E-state index in [1.807, 2.05) is 25.1 Å². The summed E-state index contributed by atoms with van der Waals surface area (Å²) in [5, 5.41) is 7.40. The molecule has 5 heteroatoms. The van der Waals surface area contributed by atoms with Crippen LogP contribution in [0.15, 0.2) is 36.4 Å². The SMILES string of the molecule is COc1cc(C)nc(COc2cccc(C(=N)N)c2)c1. The van der Waals surface area contributed by atoms with Crippen molar-refractivity contribution in [2.45, 2.75) is 13.5 Å². The molecule has 0 aliphatic heterocycles. The van der Waals surface area contributed by atoms with E-state index in [1.165, 1.54) is 0 Å². The first kappa shape index (κ1) is 13.9. The molecule has 0 saturated carbocycles. The Morgan fingerprint density at radius 1 is 1.25 bits per heavy atom. The van der Waals surface area contributed by atoms with Gasteiger partial charge in [-0.2, -0.15) is 0 Å². The number of nitrogens with two attached hydrogens (primary N) is 1. The predicted octanol–water partition coefficient (Wildman–Crippen LogP) is 2.26. The molecule has 2 rings (SSSR count). The summed E-state index contributed by atoms with van der Waals surface area (Å²) in [4.78, 5) is 4.38. The molecule has 3 N–H and O–H groups in total. The second kappa shape index (κ2) is 6.06. The summed E-state index contributed by atoms with van der Waals surface area (Å²) >= 11 is 0. The molecule has 0 amide bonds. The van der Waals surface area contributed by atoms with Gasteiger partial charge in [-0.15, -0.1) is 0 Å². The molecule has 1 aromatic heterocycles. The average Bonchev–Trinajstić information content (AvgIpc) is 2.44. The first-order chi connectivity index (χ1) is 9.58. The van der Waals surface area contributed by atoms with Crippen molar-refractivity contribution in [1.29, 1.82) is 5.41 Å². The topological polar surface area (TPSA) is 81.2 Å². The Morgan fingerprint density at radius 2 is 2.05 bits per heavy atom. The van der Waals surface area contributed by atoms with Crippen LogP contribution in [0.1, 0.15) is 17.0 Å². The number of ether oxygens (including phenoxy) is 2. The lowest BCUT2D eigenvalue weighted by atomic mass is 10.2. The molecule has 0 aliphatic carbocycles. The molecular formula is C15H17N3O2. The molecule has 0 fully saturated rings. The van der Waals surface area contributed by atoms with Crippen LogP contribution in [0.2, 0.25) is 0 Å². The third kappa shape index (κ3) is 3.47. The lowest BCUT2D eigenvalue weighted by molar-refractivity contribution is 0.300. The number of methoxy groups -OCH3 is 1. The first-order valence-corrected chi connectivity index (χ1v) is 6.17. The zero-order valence-electron chi connectivity index (χ0n) is 11.5. The van der Waals surface area contributed by atoms with E-state index in [-0.39, 0.29) is 5.84 Å². The van der Waals surface area contributed by atoms with Gasteiger partial charge in [0, 0.05) is 23.4 Å². The lowest BCUT2D eigenvalue weighted by Gasteiger charge is -2.09. The van der Waals surface area contributed by atoms with Gasteiger partial charge in [0.05, 0.1) is 12.8 Å². The number of rotatable bonds is 5. The quantitative estimate of drug-likeness (QED) is 0.645. The van der Waals surface area contributed by atoms with Crippen LogP contribution in [0, 0.1) is 12.3 Å². The van der Waals surface area contributed by atoms with E-state index < -0.39 is 0 Å². The molecule has 1 heterocycles. The molecule has 0 aliphatic rings. The number of amidine groups is 1. The molecule has 1 aromatic carbocycles. The number of hydrogen-bond acceptors (Lipinski definition) is 4. The largest absolute Gasteiger partial charge is 0.497 e. The number of hydrogen-bond donors (Lipinski definition) is 2. The van der Waals surface area contributed by atoms with Gasteiger partial charge in [0.1, 0.15) is 23.9 Å². The Bertz CT molecular complexity index is 626. The summed E-state index contributed by atoms with van der Waals surface area (Å²) < 4.78 is 10.9. The van der Waals surface area contributed by atoms with Crippen molar-refractivity contribution in [3.8, 4) is 11.5 Å². The van der Waals surface area contributed by atoms with Gasteiger partial charge >= 0.3 is 0 Å². The van der Waals surface area contributed by atoms with Crippen molar-refractivity contribution < 1.29 is 9.47 Å². The molecule has 2 aromatic rings. The van der Waals surface area contributed by atoms with Gasteiger partial charge in [-0.3, -0.25) is 10.4 Å². The fraction of sp³-hybridized carbons (Fsp3) is 0.200. The molecule has 0 atom stereocenters. The minimum Gasteiger partial charge on any atom is -0.497 e. The highest BCUT2D eigenvalue weighted by atomic mass is 16.5. The second-order valence-corrected chi connectivity index (χ2v) is 4.37. The lowest BCUT2D eigenvalue weighted by Crippen LogP contribution is -2.11. The summed E-state index contributed by atoms with van der Waals surface area (Å²) in [5.74, 6) is 1.43. The smallest absolute Gasteiger partial charge is 0.130 e. The van der Waals surface area contributed by atoms with Crippen LogP contribution in [0.25, 0.3) is 0 Å². The van der Waals surface area contributed by atoms with Crippen molar-refractivity contribution in [2.24, 2.45) is 5.73 Å². The number of pyridine rings is 1. The van der Waals surface area contributed by atoms with Crippen LogP contribution in [-0.4, -0.2) is 17.9 Å². The fourth-order valence-electron chi connectivity index (χ4n) is 1.81. The van der Waals surface area contributed by atoms with Crippen molar-refractivity contribution in [1.82, 2.24) is 4.98 Å². The van der Waals surface area contributed by atoms with E-state index in [0.717, 1.165) is 17.1 Å². The summed E-state index contributed by atoms with van der Waals surface area (Å²) in [7, 11) is 1.62. The Morgan fingerprint density at radius 3 is 2.75 bits per heavy atom. The maximum atomic E-state index is 7.40. The number of nitrogen functional groups attached to an aromatic ring is 1. The maximum Gasteiger partial charge on any atom is 0.130 e. The van der Waals surface area contributed by atoms with Gasteiger partial charge in [-0.05, 0) is 19.1 Å². The number of aromatic nitrogens is 1. The van der Waals surface area contributed by atoms with Gasteiger partial charge in [0.25, 0.3) is 0 Å². The molecule has 0 radical (unpaired) electrons. The van der Waals surface area contributed by atoms with Crippen LogP contribution < -0.4 is 15.2 Å². The van der Waals surface area contributed by atoms with Crippen molar-refractivity contribution in [3.05, 3.63) is 53.3 Å². The maximum absolute atomic E-state index is 7.40. The van der Waals surface area contributed by atoms with Crippen LogP contribution in [0.5, 0.6) is 11.5 Å². The van der Waals surface area contributed by atoms with Crippen molar-refractivity contribution >= 4 is 5.84 Å². The van der Waals surface area contributed by atoms with Crippen LogP contribution in [0.4, 0.5) is 0 Å². The highest BCUT2D eigenvalue weighted by molar-refractivity contribution is 5.95. The number of aryl methyl sites for hydroxylation is 1. The number of benzene rings is 1. The van der Waals surface area contributed by atoms with Crippen LogP contribution in [-0.2, 0) is 6.61 Å². The normalized spacial score (nSPS) is 10.1. The average molecular weight is 271 g/mol. The van der Waals surface area contributed by atoms with E-state index in [0.29, 0.717) is 17.9 Å². The van der Waals surface area contributed by atoms with E-state index >= 15 is 0 Å². The van der Waals surface area contributed by atoms with Crippen LogP contribution in [0.3, 0.4) is 0 Å². The summed E-state index contributed by atoms with van der Waals surface area (Å²) in [6, 6.07) is 10.8. The summed E-state index contributed by atoms with van der Waals surface area (Å²) in [6.07, 6.45) is 0. The Hall–Kier alpha value is -2.56. The van der Waals surface area contributed by atoms with E-state index in [4.69, 9.17) is 20.6 Å². The highest BCUT2D eigenvalue weighted by Gasteiger charge is 2.03. The molecule has 0 bridgehead atoms. The molecule has 0 spiro atoms. The Balaban J connectivity index is 2.10. The molecular weight excluding hydrogens is 254 g/mol. The second-order valence-electron chi connectivity index (χ2n) is 4.37. The monoisotopic (exact) mass is 271 g/mol. The van der Waals surface area contributed by atoms with Crippen LogP contribution >= 0.6 is 0 Å². The van der Waals surface area contributed by atoms with Gasteiger partial charge in [0.2, 0.25) is 0 Å². The Labute approximate surface area is 117 Å². The highest BCUT2D eigenvalue weighted by Crippen LogP contribution is 2.17. The van der Waals surface area contributed by atoms with Gasteiger partial charge in [0.15, 0.2) is 0 Å². The third-order valence-electron chi connectivity index (χ3n) is 2.75. The zero-order chi connectivity index (χ0) is 14.5. The minimum absolute atomic E-state index is 0.0193. The fourth-order valence-corrected chi connectivity index (χ4v) is 1.81.